The Hall–Kier alpha value is -1.07. The minimum Gasteiger partial charge on any atom is -0.384 e. The van der Waals surface area contributed by atoms with Crippen molar-refractivity contribution in [1.29, 1.82) is 0 Å². The topological polar surface area (TPSA) is 50.4 Å². The molecule has 1 aliphatic rings. The normalized spacial score (nSPS) is 15.9. The SMILES string of the molecule is CCNc1ccc(Br)cc1NC(=O)CC1CCOCC1. The molecule has 2 rings (SSSR count). The monoisotopic (exact) mass is 340 g/mol. The van der Waals surface area contributed by atoms with E-state index in [0.717, 1.165) is 48.4 Å². The van der Waals surface area contributed by atoms with Gasteiger partial charge in [0.15, 0.2) is 0 Å². The van der Waals surface area contributed by atoms with E-state index in [1.807, 2.05) is 25.1 Å². The highest BCUT2D eigenvalue weighted by Gasteiger charge is 2.18. The van der Waals surface area contributed by atoms with Crippen LogP contribution in [0.2, 0.25) is 0 Å². The fourth-order valence-corrected chi connectivity index (χ4v) is 2.74. The van der Waals surface area contributed by atoms with Gasteiger partial charge in [0.25, 0.3) is 0 Å². The second kappa shape index (κ2) is 7.64. The van der Waals surface area contributed by atoms with Gasteiger partial charge in [-0.15, -0.1) is 0 Å². The fraction of sp³-hybridized carbons (Fsp3) is 0.533. The lowest BCUT2D eigenvalue weighted by Gasteiger charge is -2.21. The highest BCUT2D eigenvalue weighted by molar-refractivity contribution is 9.10. The molecule has 1 aromatic rings. The second-order valence-corrected chi connectivity index (χ2v) is 5.94. The number of amides is 1. The summed E-state index contributed by atoms with van der Waals surface area (Å²) in [5.41, 5.74) is 1.79. The quantitative estimate of drug-likeness (QED) is 0.860. The molecule has 1 fully saturated rings. The van der Waals surface area contributed by atoms with Gasteiger partial charge in [0, 0.05) is 30.7 Å². The van der Waals surface area contributed by atoms with Crippen molar-refractivity contribution >= 4 is 33.2 Å². The van der Waals surface area contributed by atoms with Gasteiger partial charge in [0.2, 0.25) is 5.91 Å². The van der Waals surface area contributed by atoms with Crippen LogP contribution >= 0.6 is 15.9 Å². The van der Waals surface area contributed by atoms with Crippen LogP contribution in [-0.2, 0) is 9.53 Å². The summed E-state index contributed by atoms with van der Waals surface area (Å²) >= 11 is 3.44. The first-order chi connectivity index (χ1) is 9.69. The Morgan fingerprint density at radius 2 is 2.10 bits per heavy atom. The van der Waals surface area contributed by atoms with Gasteiger partial charge >= 0.3 is 0 Å². The summed E-state index contributed by atoms with van der Waals surface area (Å²) in [6.07, 6.45) is 2.53. The number of ether oxygens (including phenoxy) is 1. The number of halogens is 1. The minimum atomic E-state index is 0.0779. The van der Waals surface area contributed by atoms with E-state index in [-0.39, 0.29) is 5.91 Å². The van der Waals surface area contributed by atoms with Gasteiger partial charge in [0.1, 0.15) is 0 Å². The average molecular weight is 341 g/mol. The van der Waals surface area contributed by atoms with Crippen molar-refractivity contribution in [2.24, 2.45) is 5.92 Å². The number of hydrogen-bond donors (Lipinski definition) is 2. The Morgan fingerprint density at radius 1 is 1.35 bits per heavy atom. The third kappa shape index (κ3) is 4.49. The van der Waals surface area contributed by atoms with Crippen LogP contribution in [0.4, 0.5) is 11.4 Å². The number of carbonyl (C=O) groups excluding carboxylic acids is 1. The predicted octanol–water partition coefficient (Wildman–Crippen LogP) is 3.64. The Morgan fingerprint density at radius 3 is 2.80 bits per heavy atom. The van der Waals surface area contributed by atoms with Crippen LogP contribution in [0, 0.1) is 5.92 Å². The molecule has 0 spiro atoms. The molecule has 0 saturated carbocycles. The standard InChI is InChI=1S/C15H21BrN2O2/c1-2-17-13-4-3-12(16)10-14(13)18-15(19)9-11-5-7-20-8-6-11/h3-4,10-11,17H,2,5-9H2,1H3,(H,18,19). The predicted molar refractivity (Wildman–Crippen MR) is 85.1 cm³/mol. The minimum absolute atomic E-state index is 0.0779. The van der Waals surface area contributed by atoms with Crippen molar-refractivity contribution in [2.45, 2.75) is 26.2 Å². The van der Waals surface area contributed by atoms with Crippen LogP contribution in [0.3, 0.4) is 0 Å². The Kier molecular flexibility index (Phi) is 5.86. The maximum Gasteiger partial charge on any atom is 0.224 e. The molecule has 4 nitrogen and oxygen atoms in total. The van der Waals surface area contributed by atoms with Crippen LogP contribution in [-0.4, -0.2) is 25.7 Å². The summed E-state index contributed by atoms with van der Waals surface area (Å²) in [6.45, 7) is 4.41. The number of anilines is 2. The molecule has 110 valence electrons. The fourth-order valence-electron chi connectivity index (χ4n) is 2.38. The van der Waals surface area contributed by atoms with E-state index >= 15 is 0 Å². The summed E-state index contributed by atoms with van der Waals surface area (Å²) in [4.78, 5) is 12.2. The smallest absolute Gasteiger partial charge is 0.224 e. The van der Waals surface area contributed by atoms with E-state index in [1.54, 1.807) is 0 Å². The Labute approximate surface area is 128 Å². The maximum absolute atomic E-state index is 12.2. The van der Waals surface area contributed by atoms with E-state index < -0.39 is 0 Å². The second-order valence-electron chi connectivity index (χ2n) is 5.03. The summed E-state index contributed by atoms with van der Waals surface area (Å²) < 4.78 is 6.28. The van der Waals surface area contributed by atoms with Crippen molar-refractivity contribution < 1.29 is 9.53 Å². The molecule has 1 saturated heterocycles. The molecule has 1 aliphatic heterocycles. The summed E-state index contributed by atoms with van der Waals surface area (Å²) in [5.74, 6) is 0.521. The van der Waals surface area contributed by atoms with E-state index in [1.165, 1.54) is 0 Å². The lowest BCUT2D eigenvalue weighted by atomic mass is 9.96. The molecule has 5 heteroatoms. The van der Waals surface area contributed by atoms with Gasteiger partial charge in [-0.1, -0.05) is 15.9 Å². The van der Waals surface area contributed by atoms with E-state index in [9.17, 15) is 4.79 Å². The number of rotatable bonds is 5. The van der Waals surface area contributed by atoms with Crippen molar-refractivity contribution in [3.05, 3.63) is 22.7 Å². The molecule has 0 aromatic heterocycles. The summed E-state index contributed by atoms with van der Waals surface area (Å²) in [6, 6.07) is 5.86. The number of nitrogens with one attached hydrogen (secondary N) is 2. The average Bonchev–Trinajstić information content (AvgIpc) is 2.43. The van der Waals surface area contributed by atoms with Crippen LogP contribution < -0.4 is 10.6 Å². The zero-order valence-corrected chi connectivity index (χ0v) is 13.3. The molecule has 1 heterocycles. The zero-order chi connectivity index (χ0) is 14.4. The van der Waals surface area contributed by atoms with Crippen LogP contribution in [0.25, 0.3) is 0 Å². The van der Waals surface area contributed by atoms with Crippen LogP contribution in [0.15, 0.2) is 22.7 Å². The molecular weight excluding hydrogens is 320 g/mol. The highest BCUT2D eigenvalue weighted by Crippen LogP contribution is 2.27. The van der Waals surface area contributed by atoms with Crippen LogP contribution in [0.1, 0.15) is 26.2 Å². The lowest BCUT2D eigenvalue weighted by Crippen LogP contribution is -2.22. The lowest BCUT2D eigenvalue weighted by molar-refractivity contribution is -0.117. The molecule has 1 aromatic carbocycles. The Bertz CT molecular complexity index is 459. The summed E-state index contributed by atoms with van der Waals surface area (Å²) in [7, 11) is 0. The van der Waals surface area contributed by atoms with Crippen molar-refractivity contribution in [1.82, 2.24) is 0 Å². The van der Waals surface area contributed by atoms with Gasteiger partial charge in [-0.05, 0) is 43.9 Å². The Balaban J connectivity index is 1.97. The molecule has 0 unspecified atom stereocenters. The first-order valence-corrected chi connectivity index (χ1v) is 7.89. The van der Waals surface area contributed by atoms with Crippen LogP contribution in [0.5, 0.6) is 0 Å². The third-order valence-electron chi connectivity index (χ3n) is 3.44. The third-order valence-corrected chi connectivity index (χ3v) is 3.93. The van der Waals surface area contributed by atoms with Crippen molar-refractivity contribution in [2.75, 3.05) is 30.4 Å². The maximum atomic E-state index is 12.2. The van der Waals surface area contributed by atoms with Gasteiger partial charge in [-0.2, -0.15) is 0 Å². The molecule has 2 N–H and O–H groups in total. The van der Waals surface area contributed by atoms with Crippen molar-refractivity contribution in [3.63, 3.8) is 0 Å². The molecule has 0 radical (unpaired) electrons. The van der Waals surface area contributed by atoms with E-state index in [0.29, 0.717) is 12.3 Å². The molecule has 1 amide bonds. The van der Waals surface area contributed by atoms with Gasteiger partial charge in [-0.25, -0.2) is 0 Å². The van der Waals surface area contributed by atoms with Gasteiger partial charge in [0.05, 0.1) is 11.4 Å². The number of hydrogen-bond acceptors (Lipinski definition) is 3. The van der Waals surface area contributed by atoms with E-state index in [2.05, 4.69) is 26.6 Å². The first-order valence-electron chi connectivity index (χ1n) is 7.10. The number of benzene rings is 1. The van der Waals surface area contributed by atoms with E-state index in [4.69, 9.17) is 4.74 Å². The molecule has 0 bridgehead atoms. The summed E-state index contributed by atoms with van der Waals surface area (Å²) in [5, 5.41) is 6.27. The largest absolute Gasteiger partial charge is 0.384 e. The molecule has 20 heavy (non-hydrogen) atoms. The highest BCUT2D eigenvalue weighted by atomic mass is 79.9. The molecule has 0 atom stereocenters. The zero-order valence-electron chi connectivity index (χ0n) is 11.7. The van der Waals surface area contributed by atoms with Crippen molar-refractivity contribution in [3.8, 4) is 0 Å². The molecular formula is C15H21BrN2O2. The number of carbonyl (C=O) groups is 1. The molecule has 0 aliphatic carbocycles. The first kappa shape index (κ1) is 15.3. The van der Waals surface area contributed by atoms with Gasteiger partial charge in [-0.3, -0.25) is 4.79 Å². The van der Waals surface area contributed by atoms with Gasteiger partial charge < -0.3 is 15.4 Å².